The van der Waals surface area contributed by atoms with Crippen LogP contribution in [0.2, 0.25) is 0 Å². The van der Waals surface area contributed by atoms with E-state index in [4.69, 9.17) is 18.6 Å². The van der Waals surface area contributed by atoms with Crippen molar-refractivity contribution >= 4 is 53.4 Å². The molecule has 4 heteroatoms. The van der Waals surface area contributed by atoms with Crippen molar-refractivity contribution in [1.29, 1.82) is 0 Å². The molecule has 0 aliphatic carbocycles. The molecule has 31 heavy (non-hydrogen) atoms. The van der Waals surface area contributed by atoms with E-state index in [9.17, 15) is 0 Å². The van der Waals surface area contributed by atoms with Gasteiger partial charge in [0.25, 0.3) is 0 Å². The Hall–Kier alpha value is -0.616. The molecule has 4 rings (SSSR count). The number of rotatable bonds is 5. The first-order valence-electron chi connectivity index (χ1n) is 11.0. The molecular formula is C27H33Cl2PTi-2. The van der Waals surface area contributed by atoms with Crippen LogP contribution in [0.3, 0.4) is 0 Å². The zero-order valence-electron chi connectivity index (χ0n) is 19.2. The van der Waals surface area contributed by atoms with Gasteiger partial charge in [0.05, 0.1) is 0 Å². The fourth-order valence-electron chi connectivity index (χ4n) is 3.93. The quantitative estimate of drug-likeness (QED) is 0.143. The second kappa shape index (κ2) is 13.8. The van der Waals surface area contributed by atoms with Crippen LogP contribution in [0.4, 0.5) is 0 Å². The summed E-state index contributed by atoms with van der Waals surface area (Å²) in [6, 6.07) is 26.4. The summed E-state index contributed by atoms with van der Waals surface area (Å²) in [6.07, 6.45) is 2.58. The van der Waals surface area contributed by atoms with Crippen molar-refractivity contribution in [1.82, 2.24) is 0 Å². The van der Waals surface area contributed by atoms with E-state index in [1.54, 1.807) is 5.30 Å². The molecule has 0 saturated carbocycles. The molecule has 0 bridgehead atoms. The molecule has 166 valence electrons. The Morgan fingerprint density at radius 3 is 1.71 bits per heavy atom. The van der Waals surface area contributed by atoms with E-state index < -0.39 is 17.0 Å². The van der Waals surface area contributed by atoms with Crippen molar-refractivity contribution in [2.24, 2.45) is 0 Å². The Balaban J connectivity index is 0.000000219. The predicted molar refractivity (Wildman–Crippen MR) is 142 cm³/mol. The molecule has 2 atom stereocenters. The van der Waals surface area contributed by atoms with E-state index >= 15 is 0 Å². The molecule has 0 aliphatic rings. The Morgan fingerprint density at radius 2 is 1.26 bits per heavy atom. The van der Waals surface area contributed by atoms with Crippen molar-refractivity contribution in [3.8, 4) is 0 Å². The number of fused-ring (bicyclic) bond motifs is 2. The molecule has 2 unspecified atom stereocenters. The summed E-state index contributed by atoms with van der Waals surface area (Å²) in [7, 11) is 9.75. The number of aryl methyl sites for hydroxylation is 1. The molecule has 4 aromatic rings. The van der Waals surface area contributed by atoms with Gasteiger partial charge < -0.3 is 0 Å². The van der Waals surface area contributed by atoms with Gasteiger partial charge in [0.15, 0.2) is 0 Å². The van der Waals surface area contributed by atoms with Crippen LogP contribution >= 0.6 is 26.5 Å². The van der Waals surface area contributed by atoms with E-state index in [0.717, 1.165) is 11.3 Å². The van der Waals surface area contributed by atoms with E-state index in [0.29, 0.717) is 0 Å². The molecule has 0 radical (unpaired) electrons. The summed E-state index contributed by atoms with van der Waals surface area (Å²) in [5, 5.41) is 7.12. The van der Waals surface area contributed by atoms with E-state index in [2.05, 4.69) is 107 Å². The van der Waals surface area contributed by atoms with E-state index in [-0.39, 0.29) is 7.92 Å². The van der Waals surface area contributed by atoms with Crippen molar-refractivity contribution < 1.29 is 17.0 Å². The van der Waals surface area contributed by atoms with Gasteiger partial charge in [-0.1, -0.05) is 54.7 Å². The first-order chi connectivity index (χ1) is 14.9. The third-order valence-corrected chi connectivity index (χ3v) is 9.28. The Bertz CT molecular complexity index is 960. The molecule has 4 aromatic carbocycles. The van der Waals surface area contributed by atoms with Gasteiger partial charge in [0, 0.05) is 0 Å². The van der Waals surface area contributed by atoms with E-state index in [1.165, 1.54) is 39.9 Å². The maximum atomic E-state index is 4.89. The maximum absolute atomic E-state index is 4.89. The number of hydrogen-bond donors (Lipinski definition) is 0. The summed E-state index contributed by atoms with van der Waals surface area (Å²) in [5.41, 5.74) is 3.00. The summed E-state index contributed by atoms with van der Waals surface area (Å²) in [6.45, 7) is 11.6. The SMILES string of the molecule is CCC(C)P(c1cc2ccccc2[cH-]1)C(C)CC.Cc1cc2ccccc2[cH-]1.[Cl][Ti][Cl]. The van der Waals surface area contributed by atoms with Crippen LogP contribution < -0.4 is 5.30 Å². The van der Waals surface area contributed by atoms with Gasteiger partial charge in [-0.15, -0.1) is 80.9 Å². The van der Waals surface area contributed by atoms with Gasteiger partial charge in [-0.25, -0.2) is 0 Å². The first kappa shape index (κ1) is 26.6. The van der Waals surface area contributed by atoms with Crippen LogP contribution in [-0.4, -0.2) is 11.3 Å². The third kappa shape index (κ3) is 7.73. The molecular weight excluding hydrogens is 474 g/mol. The van der Waals surface area contributed by atoms with Crippen LogP contribution in [0.5, 0.6) is 0 Å². The minimum atomic E-state index is -0.556. The van der Waals surface area contributed by atoms with Crippen molar-refractivity contribution in [3.05, 3.63) is 78.4 Å². The average molecular weight is 507 g/mol. The fraction of sp³-hybridized carbons (Fsp3) is 0.333. The second-order valence-electron chi connectivity index (χ2n) is 8.00. The molecule has 0 heterocycles. The first-order valence-corrected chi connectivity index (χ1v) is 16.7. The molecule has 0 nitrogen and oxygen atoms in total. The van der Waals surface area contributed by atoms with Gasteiger partial charge >= 0.3 is 35.6 Å². The van der Waals surface area contributed by atoms with Crippen LogP contribution in [0, 0.1) is 6.92 Å². The predicted octanol–water partition coefficient (Wildman–Crippen LogP) is 9.51. The summed E-state index contributed by atoms with van der Waals surface area (Å²) in [5.74, 6) is 0. The van der Waals surface area contributed by atoms with Crippen molar-refractivity contribution in [3.63, 3.8) is 0 Å². The molecule has 0 fully saturated rings. The normalized spacial score (nSPS) is 13.5. The van der Waals surface area contributed by atoms with Crippen molar-refractivity contribution in [2.75, 3.05) is 0 Å². The number of hydrogen-bond acceptors (Lipinski definition) is 0. The van der Waals surface area contributed by atoms with Gasteiger partial charge in [0.1, 0.15) is 0 Å². The van der Waals surface area contributed by atoms with Gasteiger partial charge in [-0.2, -0.15) is 12.1 Å². The van der Waals surface area contributed by atoms with Crippen LogP contribution in [0.15, 0.2) is 72.8 Å². The van der Waals surface area contributed by atoms with Gasteiger partial charge in [-0.05, 0) is 24.2 Å². The van der Waals surface area contributed by atoms with Crippen molar-refractivity contribution in [2.45, 2.75) is 58.8 Å². The Labute approximate surface area is 206 Å². The Morgan fingerprint density at radius 1 is 0.806 bits per heavy atom. The standard InChI is InChI=1S/C17H24P.C10H9.2ClH.Ti/c1-5-13(3)18(14(4)6-2)17-11-15-9-7-8-10-16(15)12-17;1-8-6-9-4-2-3-5-10(9)7-8;;;/h7-14H,5-6H2,1-4H3;2-7H,1H3;2*1H;/q2*-1;;;+2/p-2. The average Bonchev–Trinajstić information content (AvgIpc) is 3.36. The van der Waals surface area contributed by atoms with Crippen LogP contribution in [0.1, 0.15) is 46.1 Å². The van der Waals surface area contributed by atoms with Gasteiger partial charge in [-0.3, -0.25) is 0 Å². The fourth-order valence-corrected chi connectivity index (χ4v) is 7.18. The third-order valence-electron chi connectivity index (χ3n) is 5.79. The number of benzene rings is 2. The van der Waals surface area contributed by atoms with E-state index in [1.807, 2.05) is 0 Å². The zero-order valence-corrected chi connectivity index (χ0v) is 23.2. The molecule has 0 amide bonds. The molecule has 0 saturated heterocycles. The summed E-state index contributed by atoms with van der Waals surface area (Å²) >= 11 is -0.556. The molecule has 0 spiro atoms. The van der Waals surface area contributed by atoms with Gasteiger partial charge in [0.2, 0.25) is 0 Å². The Kier molecular flexibility index (Phi) is 11.9. The monoisotopic (exact) mass is 506 g/mol. The zero-order chi connectivity index (χ0) is 22.8. The number of halogens is 2. The topological polar surface area (TPSA) is 0 Å². The molecule has 0 N–H and O–H groups in total. The summed E-state index contributed by atoms with van der Waals surface area (Å²) in [4.78, 5) is 0. The summed E-state index contributed by atoms with van der Waals surface area (Å²) < 4.78 is 0. The second-order valence-corrected chi connectivity index (χ2v) is 13.7. The minimum absolute atomic E-state index is 0.0252. The molecule has 0 aromatic heterocycles. The van der Waals surface area contributed by atoms with Crippen LogP contribution in [-0.2, 0) is 17.0 Å². The van der Waals surface area contributed by atoms with Crippen LogP contribution in [0.25, 0.3) is 21.5 Å². The molecule has 0 aliphatic heterocycles.